The van der Waals surface area contributed by atoms with E-state index in [-0.39, 0.29) is 11.5 Å². The molecule has 0 fully saturated rings. The molecule has 0 bridgehead atoms. The van der Waals surface area contributed by atoms with Crippen molar-refractivity contribution in [3.63, 3.8) is 0 Å². The minimum absolute atomic E-state index is 0.213. The lowest BCUT2D eigenvalue weighted by Crippen LogP contribution is -2.00. The van der Waals surface area contributed by atoms with Crippen LogP contribution in [0, 0.1) is 0 Å². The number of ether oxygens (including phenoxy) is 1. The van der Waals surface area contributed by atoms with Crippen molar-refractivity contribution in [3.8, 4) is 5.75 Å². The summed E-state index contributed by atoms with van der Waals surface area (Å²) in [5.41, 5.74) is 0.613. The summed E-state index contributed by atoms with van der Waals surface area (Å²) < 4.78 is 29.0. The first-order valence-corrected chi connectivity index (χ1v) is 8.65. The highest BCUT2D eigenvalue weighted by atomic mass is 79.9. The molecule has 1 heterocycles. The highest BCUT2D eigenvalue weighted by Crippen LogP contribution is 2.21. The number of hydrogen-bond donors (Lipinski definition) is 0. The largest absolute Gasteiger partial charge is 0.487 e. The van der Waals surface area contributed by atoms with Crippen molar-refractivity contribution in [2.24, 2.45) is 0 Å². The van der Waals surface area contributed by atoms with Crippen LogP contribution in [-0.2, 0) is 16.4 Å². The number of benzene rings is 1. The van der Waals surface area contributed by atoms with Gasteiger partial charge in [0.15, 0.2) is 9.84 Å². The van der Waals surface area contributed by atoms with Gasteiger partial charge in [0.2, 0.25) is 0 Å². The Hall–Kier alpha value is -1.11. The second-order valence-electron chi connectivity index (χ2n) is 4.11. The Morgan fingerprint density at radius 2 is 1.95 bits per heavy atom. The Morgan fingerprint density at radius 1 is 1.30 bits per heavy atom. The average Bonchev–Trinajstić information content (AvgIpc) is 2.37. The predicted octanol–water partition coefficient (Wildman–Crippen LogP) is 3.48. The number of pyridine rings is 1. The molecule has 0 saturated carbocycles. The van der Waals surface area contributed by atoms with Gasteiger partial charge in [-0.05, 0) is 46.3 Å². The maximum absolute atomic E-state index is 11.3. The number of rotatable bonds is 4. The van der Waals surface area contributed by atoms with Gasteiger partial charge >= 0.3 is 0 Å². The van der Waals surface area contributed by atoms with E-state index in [9.17, 15) is 8.42 Å². The van der Waals surface area contributed by atoms with Gasteiger partial charge in [-0.1, -0.05) is 11.6 Å². The molecular formula is C13H11BrClNO3S. The van der Waals surface area contributed by atoms with Gasteiger partial charge < -0.3 is 4.74 Å². The fourth-order valence-electron chi connectivity index (χ4n) is 1.48. The van der Waals surface area contributed by atoms with Gasteiger partial charge in [-0.15, -0.1) is 0 Å². The van der Waals surface area contributed by atoms with Gasteiger partial charge in [0.05, 0.1) is 15.6 Å². The molecule has 1 aromatic carbocycles. The van der Waals surface area contributed by atoms with Crippen LogP contribution in [0.3, 0.4) is 0 Å². The van der Waals surface area contributed by atoms with Crippen molar-refractivity contribution >= 4 is 37.4 Å². The van der Waals surface area contributed by atoms with Crippen LogP contribution in [0.4, 0.5) is 0 Å². The summed E-state index contributed by atoms with van der Waals surface area (Å²) in [4.78, 5) is 4.40. The van der Waals surface area contributed by atoms with Gasteiger partial charge in [-0.2, -0.15) is 0 Å². The van der Waals surface area contributed by atoms with Crippen molar-refractivity contribution in [1.29, 1.82) is 0 Å². The van der Waals surface area contributed by atoms with E-state index in [1.165, 1.54) is 12.1 Å². The summed E-state index contributed by atoms with van der Waals surface area (Å²) in [6.45, 7) is 0.213. The second-order valence-corrected chi connectivity index (χ2v) is 7.45. The van der Waals surface area contributed by atoms with Gasteiger partial charge in [-0.3, -0.25) is 4.98 Å². The van der Waals surface area contributed by atoms with E-state index in [2.05, 4.69) is 20.9 Å². The van der Waals surface area contributed by atoms with Crippen molar-refractivity contribution in [2.75, 3.05) is 6.26 Å². The summed E-state index contributed by atoms with van der Waals surface area (Å²) in [7, 11) is -3.19. The summed E-state index contributed by atoms with van der Waals surface area (Å²) in [5, 5.41) is 0.507. The first-order chi connectivity index (χ1) is 9.36. The van der Waals surface area contributed by atoms with E-state index in [4.69, 9.17) is 16.3 Å². The van der Waals surface area contributed by atoms with Crippen molar-refractivity contribution in [1.82, 2.24) is 4.98 Å². The van der Waals surface area contributed by atoms with Crippen LogP contribution in [0.25, 0.3) is 0 Å². The monoisotopic (exact) mass is 375 g/mol. The summed E-state index contributed by atoms with van der Waals surface area (Å²) in [6.07, 6.45) is 2.80. The number of aromatic nitrogens is 1. The molecular weight excluding hydrogens is 366 g/mol. The molecule has 0 aliphatic carbocycles. The topological polar surface area (TPSA) is 56.3 Å². The number of nitrogens with zero attached hydrogens (tertiary/aromatic N) is 1. The normalized spacial score (nSPS) is 11.3. The van der Waals surface area contributed by atoms with Crippen LogP contribution in [-0.4, -0.2) is 19.7 Å². The van der Waals surface area contributed by atoms with E-state index in [0.717, 1.165) is 10.7 Å². The molecule has 7 heteroatoms. The van der Waals surface area contributed by atoms with Crippen LogP contribution in [0.5, 0.6) is 5.75 Å². The third-order valence-electron chi connectivity index (χ3n) is 2.51. The Morgan fingerprint density at radius 3 is 2.50 bits per heavy atom. The zero-order valence-corrected chi connectivity index (χ0v) is 13.7. The molecule has 1 aromatic heterocycles. The van der Waals surface area contributed by atoms with Crippen molar-refractivity contribution in [2.45, 2.75) is 11.5 Å². The molecule has 106 valence electrons. The standard InChI is InChI=1S/C13H11BrClNO3S/c1-20(17,18)11-4-2-10(3-5-11)19-8-13-12(15)6-9(14)7-16-13/h2-7H,8H2,1H3. The molecule has 0 amide bonds. The molecule has 0 atom stereocenters. The molecule has 0 radical (unpaired) electrons. The SMILES string of the molecule is CS(=O)(=O)c1ccc(OCc2ncc(Br)cc2Cl)cc1. The molecule has 2 rings (SSSR count). The summed E-state index contributed by atoms with van der Waals surface area (Å²) >= 11 is 9.30. The quantitative estimate of drug-likeness (QED) is 0.820. The maximum atomic E-state index is 11.3. The van der Waals surface area contributed by atoms with E-state index in [0.29, 0.717) is 16.5 Å². The highest BCUT2D eigenvalue weighted by molar-refractivity contribution is 9.10. The third kappa shape index (κ3) is 3.94. The summed E-state index contributed by atoms with van der Waals surface area (Å²) in [6, 6.07) is 7.94. The van der Waals surface area contributed by atoms with Gasteiger partial charge in [0.1, 0.15) is 12.4 Å². The lowest BCUT2D eigenvalue weighted by Gasteiger charge is -2.08. The lowest BCUT2D eigenvalue weighted by atomic mass is 10.3. The Kier molecular flexibility index (Phi) is 4.67. The van der Waals surface area contributed by atoms with Gasteiger partial charge in [-0.25, -0.2) is 8.42 Å². The molecule has 20 heavy (non-hydrogen) atoms. The van der Waals surface area contributed by atoms with Crippen LogP contribution in [0.1, 0.15) is 5.69 Å². The number of sulfone groups is 1. The first-order valence-electron chi connectivity index (χ1n) is 5.59. The minimum Gasteiger partial charge on any atom is -0.487 e. The molecule has 0 spiro atoms. The average molecular weight is 377 g/mol. The Bertz CT molecular complexity index is 717. The van der Waals surface area contributed by atoms with Crippen LogP contribution in [0.15, 0.2) is 45.9 Å². The van der Waals surface area contributed by atoms with Crippen LogP contribution in [0.2, 0.25) is 5.02 Å². The van der Waals surface area contributed by atoms with E-state index in [1.54, 1.807) is 24.4 Å². The lowest BCUT2D eigenvalue weighted by molar-refractivity contribution is 0.301. The molecule has 0 N–H and O–H groups in total. The second kappa shape index (κ2) is 6.11. The van der Waals surface area contributed by atoms with Crippen molar-refractivity contribution < 1.29 is 13.2 Å². The van der Waals surface area contributed by atoms with E-state index in [1.807, 2.05) is 0 Å². The van der Waals surface area contributed by atoms with Gasteiger partial charge in [0, 0.05) is 16.9 Å². The fraction of sp³-hybridized carbons (Fsp3) is 0.154. The summed E-state index contributed by atoms with van der Waals surface area (Å²) in [5.74, 6) is 0.554. The van der Waals surface area contributed by atoms with E-state index >= 15 is 0 Å². The van der Waals surface area contributed by atoms with Crippen molar-refractivity contribution in [3.05, 3.63) is 51.7 Å². The highest BCUT2D eigenvalue weighted by Gasteiger charge is 2.07. The Labute approximate surface area is 130 Å². The van der Waals surface area contributed by atoms with Crippen LogP contribution >= 0.6 is 27.5 Å². The fourth-order valence-corrected chi connectivity index (χ4v) is 2.80. The zero-order chi connectivity index (χ0) is 14.8. The molecule has 4 nitrogen and oxygen atoms in total. The minimum atomic E-state index is -3.19. The molecule has 2 aromatic rings. The Balaban J connectivity index is 2.08. The molecule has 0 aliphatic rings. The van der Waals surface area contributed by atoms with Gasteiger partial charge in [0.25, 0.3) is 0 Å². The number of hydrogen-bond acceptors (Lipinski definition) is 4. The zero-order valence-electron chi connectivity index (χ0n) is 10.5. The predicted molar refractivity (Wildman–Crippen MR) is 80.8 cm³/mol. The van der Waals surface area contributed by atoms with E-state index < -0.39 is 9.84 Å². The smallest absolute Gasteiger partial charge is 0.175 e. The molecule has 0 unspecified atom stereocenters. The number of halogens is 2. The molecule has 0 aliphatic heterocycles. The maximum Gasteiger partial charge on any atom is 0.175 e. The first kappa shape index (κ1) is 15.3. The van der Waals surface area contributed by atoms with Crippen LogP contribution < -0.4 is 4.74 Å². The third-order valence-corrected chi connectivity index (χ3v) is 4.40. The molecule has 0 saturated heterocycles.